The second-order valence-corrected chi connectivity index (χ2v) is 12.4. The summed E-state index contributed by atoms with van der Waals surface area (Å²) in [6.45, 7) is 10.5. The van der Waals surface area contributed by atoms with Crippen LogP contribution in [0.15, 0.2) is 23.6 Å². The molecule has 0 spiro atoms. The first-order chi connectivity index (χ1) is 13.8. The van der Waals surface area contributed by atoms with Crippen LogP contribution >= 0.6 is 0 Å². The van der Waals surface area contributed by atoms with Crippen LogP contribution in [0.1, 0.15) is 45.9 Å². The van der Waals surface area contributed by atoms with Crippen LogP contribution in [0.4, 0.5) is 0 Å². The monoisotopic (exact) mass is 421 g/mol. The van der Waals surface area contributed by atoms with Gasteiger partial charge in [-0.05, 0) is 18.0 Å². The van der Waals surface area contributed by atoms with Crippen molar-refractivity contribution in [1.29, 1.82) is 0 Å². The minimum atomic E-state index is -2.60. The Hall–Kier alpha value is -1.92. The van der Waals surface area contributed by atoms with E-state index in [1.165, 1.54) is 21.9 Å². The first-order valence-corrected chi connectivity index (χ1v) is 11.9. The van der Waals surface area contributed by atoms with Crippen molar-refractivity contribution in [2.45, 2.75) is 70.6 Å². The van der Waals surface area contributed by atoms with Crippen LogP contribution in [0.5, 0.6) is 0 Å². The van der Waals surface area contributed by atoms with Gasteiger partial charge in [0, 0.05) is 18.2 Å². The molecule has 3 atom stereocenters. The average molecular weight is 422 g/mol. The van der Waals surface area contributed by atoms with E-state index in [2.05, 4.69) is 42.8 Å². The summed E-state index contributed by atoms with van der Waals surface area (Å²) >= 11 is 0. The second-order valence-electron chi connectivity index (χ2n) is 8.20. The lowest BCUT2D eigenvalue weighted by molar-refractivity contribution is -0.241. The Kier molecular flexibility index (Phi) is 5.42. The zero-order valence-corrected chi connectivity index (χ0v) is 18.3. The molecule has 0 radical (unpaired) electrons. The van der Waals surface area contributed by atoms with Crippen LogP contribution < -0.4 is 5.69 Å². The molecule has 0 N–H and O–H groups in total. The van der Waals surface area contributed by atoms with E-state index in [-0.39, 0.29) is 29.9 Å². The van der Waals surface area contributed by atoms with Gasteiger partial charge >= 0.3 is 14.3 Å². The number of rotatable bonds is 4. The molecule has 158 valence electrons. The number of hydrogen-bond donors (Lipinski definition) is 0. The highest BCUT2D eigenvalue weighted by Gasteiger charge is 2.54. The van der Waals surface area contributed by atoms with Crippen molar-refractivity contribution < 1.29 is 18.6 Å². The van der Waals surface area contributed by atoms with Gasteiger partial charge in [-0.15, -0.1) is 0 Å². The molecule has 29 heavy (non-hydrogen) atoms. The van der Waals surface area contributed by atoms with Crippen LogP contribution in [-0.4, -0.2) is 51.7 Å². The van der Waals surface area contributed by atoms with E-state index < -0.39 is 20.5 Å². The second kappa shape index (κ2) is 7.72. The molecule has 4 heterocycles. The van der Waals surface area contributed by atoms with E-state index in [9.17, 15) is 4.79 Å². The van der Waals surface area contributed by atoms with Gasteiger partial charge in [0.1, 0.15) is 31.6 Å². The third-order valence-corrected chi connectivity index (χ3v) is 9.87. The summed E-state index contributed by atoms with van der Waals surface area (Å²) in [6, 6.07) is 0. The van der Waals surface area contributed by atoms with Gasteiger partial charge in [0.2, 0.25) is 0 Å². The molecule has 0 saturated carbocycles. The minimum Gasteiger partial charge on any atom is -0.386 e. The smallest absolute Gasteiger partial charge is 0.380 e. The molecule has 0 unspecified atom stereocenters. The largest absolute Gasteiger partial charge is 0.386 e. The Morgan fingerprint density at radius 2 is 1.97 bits per heavy atom. The van der Waals surface area contributed by atoms with Crippen LogP contribution in [0.25, 0.3) is 5.82 Å². The highest BCUT2D eigenvalue weighted by molar-refractivity contribution is 6.70. The SMILES string of the molecule is Cc1cn([C@H]2C[C@H]3O[Si](C(C)C)(C(C)C)OOC[C@@H]3O2)c(=O)nc1-n1cncn1. The third kappa shape index (κ3) is 3.57. The molecule has 2 aromatic rings. The molecule has 2 aliphatic rings. The molecular formula is C18H27N5O5Si. The summed E-state index contributed by atoms with van der Waals surface area (Å²) in [7, 11) is -2.60. The van der Waals surface area contributed by atoms with Gasteiger partial charge in [-0.2, -0.15) is 10.1 Å². The summed E-state index contributed by atoms with van der Waals surface area (Å²) in [5.41, 5.74) is 0.818. The highest BCUT2D eigenvalue weighted by atomic mass is 28.4. The Bertz CT molecular complexity index is 908. The first kappa shape index (κ1) is 20.4. The molecule has 0 aromatic carbocycles. The van der Waals surface area contributed by atoms with E-state index in [1.807, 2.05) is 6.92 Å². The molecule has 10 nitrogen and oxygen atoms in total. The molecule has 2 fully saturated rings. The third-order valence-electron chi connectivity index (χ3n) is 5.60. The van der Waals surface area contributed by atoms with Crippen molar-refractivity contribution in [1.82, 2.24) is 24.3 Å². The van der Waals surface area contributed by atoms with Gasteiger partial charge in [-0.1, -0.05) is 27.7 Å². The Morgan fingerprint density at radius 1 is 1.21 bits per heavy atom. The molecule has 0 amide bonds. The molecule has 2 saturated heterocycles. The van der Waals surface area contributed by atoms with E-state index in [0.29, 0.717) is 12.2 Å². The standard InChI is InChI=1S/C18H27N5O5Si/c1-11(2)29(12(3)4)27-14-6-16(26-15(14)8-25-28-29)22-7-13(5)17(21-18(22)24)23-10-19-9-20-23/h7,9-12,14-16H,6,8H2,1-5H3/t14-,15+,16-/m1/s1. The van der Waals surface area contributed by atoms with Crippen molar-refractivity contribution in [3.63, 3.8) is 0 Å². The van der Waals surface area contributed by atoms with Gasteiger partial charge in [-0.25, -0.2) is 19.3 Å². The Labute approximate surface area is 170 Å². The molecule has 0 aliphatic carbocycles. The van der Waals surface area contributed by atoms with Gasteiger partial charge < -0.3 is 9.16 Å². The van der Waals surface area contributed by atoms with E-state index >= 15 is 0 Å². The maximum atomic E-state index is 12.7. The zero-order chi connectivity index (χ0) is 20.8. The van der Waals surface area contributed by atoms with Crippen LogP contribution in [0.3, 0.4) is 0 Å². The van der Waals surface area contributed by atoms with E-state index in [1.54, 1.807) is 6.20 Å². The summed E-state index contributed by atoms with van der Waals surface area (Å²) < 4.78 is 21.5. The fourth-order valence-corrected chi connectivity index (χ4v) is 7.32. The minimum absolute atomic E-state index is 0.193. The van der Waals surface area contributed by atoms with Crippen molar-refractivity contribution >= 4 is 8.56 Å². The summed E-state index contributed by atoms with van der Waals surface area (Å²) in [4.78, 5) is 26.3. The average Bonchev–Trinajstić information content (AvgIpc) is 3.29. The maximum absolute atomic E-state index is 12.7. The van der Waals surface area contributed by atoms with Crippen molar-refractivity contribution in [3.8, 4) is 5.82 Å². The van der Waals surface area contributed by atoms with E-state index in [4.69, 9.17) is 18.6 Å². The lowest BCUT2D eigenvalue weighted by atomic mass is 10.2. The highest BCUT2D eigenvalue weighted by Crippen LogP contribution is 2.42. The van der Waals surface area contributed by atoms with Crippen molar-refractivity contribution in [3.05, 3.63) is 34.9 Å². The van der Waals surface area contributed by atoms with E-state index in [0.717, 1.165) is 5.56 Å². The Balaban J connectivity index is 1.60. The van der Waals surface area contributed by atoms with Gasteiger partial charge in [0.15, 0.2) is 5.82 Å². The molecule has 0 bridgehead atoms. The van der Waals surface area contributed by atoms with Crippen LogP contribution in [0.2, 0.25) is 11.1 Å². The normalized spacial score (nSPS) is 26.7. The van der Waals surface area contributed by atoms with Gasteiger partial charge in [0.25, 0.3) is 0 Å². The molecule has 4 rings (SSSR count). The lowest BCUT2D eigenvalue weighted by Crippen LogP contribution is -2.49. The van der Waals surface area contributed by atoms with Crippen LogP contribution in [-0.2, 0) is 18.6 Å². The van der Waals surface area contributed by atoms with Crippen molar-refractivity contribution in [2.24, 2.45) is 0 Å². The molecular weight excluding hydrogens is 394 g/mol. The summed E-state index contributed by atoms with van der Waals surface area (Å²) in [6.07, 6.45) is 4.23. The fourth-order valence-electron chi connectivity index (χ4n) is 4.04. The number of fused-ring (bicyclic) bond motifs is 1. The van der Waals surface area contributed by atoms with Gasteiger partial charge in [0.05, 0.1) is 6.10 Å². The number of nitrogens with zero attached hydrogens (tertiary/aromatic N) is 5. The quantitative estimate of drug-likeness (QED) is 0.546. The number of aryl methyl sites for hydroxylation is 1. The number of ether oxygens (including phenoxy) is 1. The first-order valence-electron chi connectivity index (χ1n) is 9.90. The van der Waals surface area contributed by atoms with Gasteiger partial charge in [-0.3, -0.25) is 9.14 Å². The number of hydrogen-bond acceptors (Lipinski definition) is 8. The molecule has 11 heteroatoms. The number of aromatic nitrogens is 5. The molecule has 2 aliphatic heterocycles. The van der Waals surface area contributed by atoms with Crippen molar-refractivity contribution in [2.75, 3.05) is 6.61 Å². The predicted octanol–water partition coefficient (Wildman–Crippen LogP) is 2.03. The topological polar surface area (TPSA) is 103 Å². The summed E-state index contributed by atoms with van der Waals surface area (Å²) in [5.74, 6) is 0.454. The zero-order valence-electron chi connectivity index (χ0n) is 17.3. The van der Waals surface area contributed by atoms with Crippen LogP contribution in [0, 0.1) is 6.92 Å². The Morgan fingerprint density at radius 3 is 2.62 bits per heavy atom. The maximum Gasteiger partial charge on any atom is 0.380 e. The molecule has 2 aromatic heterocycles. The lowest BCUT2D eigenvalue weighted by Gasteiger charge is -2.36. The fraction of sp³-hybridized carbons (Fsp3) is 0.667. The summed E-state index contributed by atoms with van der Waals surface area (Å²) in [5, 5.41) is 4.05. The predicted molar refractivity (Wildman–Crippen MR) is 105 cm³/mol.